The molecule has 1 aliphatic rings. The molecule has 1 unspecified atom stereocenters. The van der Waals surface area contributed by atoms with Gasteiger partial charge in [0, 0.05) is 13.1 Å². The summed E-state index contributed by atoms with van der Waals surface area (Å²) in [7, 11) is 2.03. The first-order valence-corrected chi connectivity index (χ1v) is 6.48. The van der Waals surface area contributed by atoms with Crippen LogP contribution in [0, 0.1) is 5.92 Å². The molecule has 1 fully saturated rings. The van der Waals surface area contributed by atoms with Gasteiger partial charge < -0.3 is 14.6 Å². The molecule has 1 heterocycles. The lowest BCUT2D eigenvalue weighted by Gasteiger charge is -2.21. The van der Waals surface area contributed by atoms with Gasteiger partial charge in [-0.25, -0.2) is 0 Å². The van der Waals surface area contributed by atoms with E-state index in [0.717, 1.165) is 18.9 Å². The summed E-state index contributed by atoms with van der Waals surface area (Å²) in [5, 5.41) is 11.4. The van der Waals surface area contributed by atoms with Crippen LogP contribution in [0.15, 0.2) is 4.42 Å². The van der Waals surface area contributed by atoms with Gasteiger partial charge in [-0.1, -0.05) is 12.0 Å². The Morgan fingerprint density at radius 1 is 1.47 bits per heavy atom. The van der Waals surface area contributed by atoms with Crippen LogP contribution in [-0.4, -0.2) is 29.8 Å². The van der Waals surface area contributed by atoms with E-state index in [2.05, 4.69) is 34.3 Å². The van der Waals surface area contributed by atoms with Crippen molar-refractivity contribution in [3.63, 3.8) is 0 Å². The molecular formula is C12H22N4O. The number of nitrogens with zero attached hydrogens (tertiary/aromatic N) is 3. The first kappa shape index (κ1) is 12.4. The van der Waals surface area contributed by atoms with Crippen molar-refractivity contribution in [2.75, 3.05) is 18.5 Å². The van der Waals surface area contributed by atoms with Crippen LogP contribution in [0.3, 0.4) is 0 Å². The molecule has 1 N–H and O–H groups in total. The van der Waals surface area contributed by atoms with Gasteiger partial charge in [0.05, 0.1) is 6.54 Å². The normalized spacial score (nSPS) is 17.1. The highest BCUT2D eigenvalue weighted by atomic mass is 16.4. The van der Waals surface area contributed by atoms with Gasteiger partial charge in [0.15, 0.2) is 0 Å². The van der Waals surface area contributed by atoms with Crippen LogP contribution in [0.25, 0.3) is 0 Å². The van der Waals surface area contributed by atoms with Crippen LogP contribution in [-0.2, 0) is 6.54 Å². The number of aromatic nitrogens is 2. The fourth-order valence-corrected chi connectivity index (χ4v) is 1.90. The molecule has 0 radical (unpaired) electrons. The minimum absolute atomic E-state index is 0.493. The number of nitrogens with one attached hydrogen (secondary N) is 1. The van der Waals surface area contributed by atoms with Crippen molar-refractivity contribution in [3.8, 4) is 0 Å². The van der Waals surface area contributed by atoms with Gasteiger partial charge in [-0.2, -0.15) is 0 Å². The molecular weight excluding hydrogens is 216 g/mol. The second kappa shape index (κ2) is 5.49. The number of rotatable bonds is 7. The second-order valence-corrected chi connectivity index (χ2v) is 4.84. The summed E-state index contributed by atoms with van der Waals surface area (Å²) in [6.07, 6.45) is 3.76. The quantitative estimate of drug-likeness (QED) is 0.734. The Kier molecular flexibility index (Phi) is 3.99. The van der Waals surface area contributed by atoms with E-state index in [4.69, 9.17) is 4.42 Å². The van der Waals surface area contributed by atoms with Gasteiger partial charge >= 0.3 is 6.01 Å². The molecule has 0 amide bonds. The summed E-state index contributed by atoms with van der Waals surface area (Å²) in [5.41, 5.74) is 0. The average Bonchev–Trinajstić information content (AvgIpc) is 3.08. The van der Waals surface area contributed by atoms with E-state index in [0.29, 0.717) is 24.5 Å². The third-order valence-electron chi connectivity index (χ3n) is 3.38. The topological polar surface area (TPSA) is 54.2 Å². The zero-order chi connectivity index (χ0) is 12.3. The predicted molar refractivity (Wildman–Crippen MR) is 66.9 cm³/mol. The van der Waals surface area contributed by atoms with E-state index < -0.39 is 0 Å². The average molecular weight is 238 g/mol. The molecule has 1 aromatic rings. The summed E-state index contributed by atoms with van der Waals surface area (Å²) in [4.78, 5) is 2.09. The molecule has 17 heavy (non-hydrogen) atoms. The number of hydrogen-bond acceptors (Lipinski definition) is 5. The van der Waals surface area contributed by atoms with E-state index in [1.165, 1.54) is 12.8 Å². The lowest BCUT2D eigenvalue weighted by atomic mass is 10.2. The molecule has 1 atom stereocenters. The van der Waals surface area contributed by atoms with E-state index >= 15 is 0 Å². The lowest BCUT2D eigenvalue weighted by Crippen LogP contribution is -2.30. The van der Waals surface area contributed by atoms with Crippen LogP contribution < -0.4 is 10.2 Å². The van der Waals surface area contributed by atoms with E-state index in [1.807, 2.05) is 7.05 Å². The van der Waals surface area contributed by atoms with Crippen molar-refractivity contribution in [1.29, 1.82) is 0 Å². The molecule has 1 saturated carbocycles. The Morgan fingerprint density at radius 3 is 2.88 bits per heavy atom. The molecule has 0 bridgehead atoms. The maximum atomic E-state index is 5.63. The fraction of sp³-hybridized carbons (Fsp3) is 0.833. The van der Waals surface area contributed by atoms with Crippen molar-refractivity contribution in [2.45, 2.75) is 45.7 Å². The summed E-state index contributed by atoms with van der Waals surface area (Å²) in [6.45, 7) is 5.99. The minimum Gasteiger partial charge on any atom is -0.407 e. The third-order valence-corrected chi connectivity index (χ3v) is 3.38. The zero-order valence-corrected chi connectivity index (χ0v) is 10.9. The van der Waals surface area contributed by atoms with Crippen LogP contribution in [0.5, 0.6) is 0 Å². The van der Waals surface area contributed by atoms with Crippen LogP contribution in [0.4, 0.5) is 6.01 Å². The van der Waals surface area contributed by atoms with Crippen molar-refractivity contribution in [3.05, 3.63) is 5.89 Å². The van der Waals surface area contributed by atoms with Gasteiger partial charge in [0.1, 0.15) is 0 Å². The highest BCUT2D eigenvalue weighted by Crippen LogP contribution is 2.35. The Bertz CT molecular complexity index is 348. The zero-order valence-electron chi connectivity index (χ0n) is 10.9. The van der Waals surface area contributed by atoms with Crippen molar-refractivity contribution in [1.82, 2.24) is 15.5 Å². The molecule has 0 spiro atoms. The van der Waals surface area contributed by atoms with Crippen molar-refractivity contribution < 1.29 is 4.42 Å². The molecule has 0 aromatic carbocycles. The summed E-state index contributed by atoms with van der Waals surface area (Å²) in [6, 6.07) is 1.13. The molecule has 2 rings (SSSR count). The third kappa shape index (κ3) is 3.19. The standard InChI is InChI=1S/C12H22N4O/c1-4-7-13-8-11-14-15-12(17-11)16(3)9(2)10-5-6-10/h9-10,13H,4-8H2,1-3H3. The Morgan fingerprint density at radius 2 is 2.24 bits per heavy atom. The first-order valence-electron chi connectivity index (χ1n) is 6.48. The molecule has 5 nitrogen and oxygen atoms in total. The molecule has 1 aromatic heterocycles. The maximum Gasteiger partial charge on any atom is 0.318 e. The van der Waals surface area contributed by atoms with Crippen molar-refractivity contribution in [2.24, 2.45) is 5.92 Å². The highest BCUT2D eigenvalue weighted by molar-refractivity contribution is 5.25. The number of anilines is 1. The van der Waals surface area contributed by atoms with Gasteiger partial charge in [0.25, 0.3) is 0 Å². The molecule has 0 saturated heterocycles. The molecule has 0 aliphatic heterocycles. The first-order chi connectivity index (χ1) is 8.22. The largest absolute Gasteiger partial charge is 0.407 e. The smallest absolute Gasteiger partial charge is 0.318 e. The number of hydrogen-bond donors (Lipinski definition) is 1. The Hall–Kier alpha value is -1.10. The fourth-order valence-electron chi connectivity index (χ4n) is 1.90. The van der Waals surface area contributed by atoms with Crippen molar-refractivity contribution >= 4 is 6.01 Å². The van der Waals surface area contributed by atoms with Gasteiger partial charge in [-0.3, -0.25) is 0 Å². The van der Waals surface area contributed by atoms with Gasteiger partial charge in [0.2, 0.25) is 5.89 Å². The van der Waals surface area contributed by atoms with Gasteiger partial charge in [-0.15, -0.1) is 5.10 Å². The SMILES string of the molecule is CCCNCc1nnc(N(C)C(C)C2CC2)o1. The van der Waals surface area contributed by atoms with Crippen LogP contribution in [0.2, 0.25) is 0 Å². The summed E-state index contributed by atoms with van der Waals surface area (Å²) in [5.74, 6) is 1.47. The summed E-state index contributed by atoms with van der Waals surface area (Å²) >= 11 is 0. The Labute approximate surface area is 103 Å². The second-order valence-electron chi connectivity index (χ2n) is 4.84. The van der Waals surface area contributed by atoms with E-state index in [9.17, 15) is 0 Å². The molecule has 96 valence electrons. The summed E-state index contributed by atoms with van der Waals surface area (Å²) < 4.78 is 5.63. The maximum absolute atomic E-state index is 5.63. The van der Waals surface area contributed by atoms with Crippen LogP contribution in [0.1, 0.15) is 39.0 Å². The molecule has 1 aliphatic carbocycles. The van der Waals surface area contributed by atoms with E-state index in [1.54, 1.807) is 0 Å². The van der Waals surface area contributed by atoms with E-state index in [-0.39, 0.29) is 0 Å². The Balaban J connectivity index is 1.87. The predicted octanol–water partition coefficient (Wildman–Crippen LogP) is 1.80. The monoisotopic (exact) mass is 238 g/mol. The van der Waals surface area contributed by atoms with Gasteiger partial charge in [-0.05, 0) is 38.6 Å². The lowest BCUT2D eigenvalue weighted by molar-refractivity contribution is 0.449. The molecule has 5 heteroatoms. The van der Waals surface area contributed by atoms with Crippen LogP contribution >= 0.6 is 0 Å². The minimum atomic E-state index is 0.493. The highest BCUT2D eigenvalue weighted by Gasteiger charge is 2.32.